The first-order chi connectivity index (χ1) is 12.2. The van der Waals surface area contributed by atoms with Crippen molar-refractivity contribution in [1.29, 1.82) is 0 Å². The number of nitrogens with zero attached hydrogens (tertiary/aromatic N) is 1. The van der Waals surface area contributed by atoms with Crippen LogP contribution in [0.3, 0.4) is 0 Å². The molecule has 0 spiro atoms. The van der Waals surface area contributed by atoms with Gasteiger partial charge in [-0.2, -0.15) is 0 Å². The molecule has 2 aromatic rings. The predicted molar refractivity (Wildman–Crippen MR) is 111 cm³/mol. The number of benzene rings is 2. The lowest BCUT2D eigenvalue weighted by Crippen LogP contribution is -2.03. The first-order valence-electron chi connectivity index (χ1n) is 8.82. The first kappa shape index (κ1) is 18.7. The highest BCUT2D eigenvalue weighted by atomic mass is 14.8. The average Bonchev–Trinajstić information content (AvgIpc) is 2.62. The lowest BCUT2D eigenvalue weighted by molar-refractivity contribution is 0.924. The number of hydrogen-bond acceptors (Lipinski definition) is 1. The molecule has 0 radical (unpaired) electrons. The number of aliphatic imine (C=N–C) groups is 1. The summed E-state index contributed by atoms with van der Waals surface area (Å²) in [6.45, 7) is 6.32. The van der Waals surface area contributed by atoms with E-state index in [0.29, 0.717) is 0 Å². The fourth-order valence-corrected chi connectivity index (χ4v) is 2.63. The predicted octanol–water partition coefficient (Wildman–Crippen LogP) is 6.41. The molecule has 0 fully saturated rings. The van der Waals surface area contributed by atoms with Gasteiger partial charge < -0.3 is 0 Å². The Kier molecular flexibility index (Phi) is 7.65. The highest BCUT2D eigenvalue weighted by Gasteiger charge is 2.01. The normalized spacial score (nSPS) is 14.0. The maximum atomic E-state index is 4.76. The average molecular weight is 329 g/mol. The first-order valence-corrected chi connectivity index (χ1v) is 8.82. The third kappa shape index (κ3) is 6.76. The van der Waals surface area contributed by atoms with Gasteiger partial charge >= 0.3 is 0 Å². The molecule has 2 rings (SSSR count). The summed E-state index contributed by atoms with van der Waals surface area (Å²) < 4.78 is 0. The maximum absolute atomic E-state index is 4.76. The standard InChI is InChI=1S/C24H27N/c1-20-14-12-13-19-24(20)22(3)25-21(2)15-8-5-4-6-9-16-23-17-10-7-11-18-23/h4-5,7-19,21H,6H2,1-3H3/b5-4-,15-8-,16-9+,25-22+. The number of rotatable bonds is 7. The van der Waals surface area contributed by atoms with Gasteiger partial charge in [0, 0.05) is 5.71 Å². The molecule has 0 bridgehead atoms. The van der Waals surface area contributed by atoms with E-state index >= 15 is 0 Å². The van der Waals surface area contributed by atoms with E-state index in [1.54, 1.807) is 0 Å². The van der Waals surface area contributed by atoms with E-state index in [1.165, 1.54) is 16.7 Å². The molecule has 1 nitrogen and oxygen atoms in total. The van der Waals surface area contributed by atoms with Crippen LogP contribution in [0, 0.1) is 6.92 Å². The van der Waals surface area contributed by atoms with E-state index < -0.39 is 0 Å². The topological polar surface area (TPSA) is 12.4 Å². The van der Waals surface area contributed by atoms with Crippen LogP contribution < -0.4 is 0 Å². The van der Waals surface area contributed by atoms with Gasteiger partial charge in [-0.3, -0.25) is 4.99 Å². The number of hydrogen-bond donors (Lipinski definition) is 0. The molecule has 1 atom stereocenters. The van der Waals surface area contributed by atoms with Crippen molar-refractivity contribution in [3.05, 3.63) is 102 Å². The van der Waals surface area contributed by atoms with Gasteiger partial charge in [0.2, 0.25) is 0 Å². The van der Waals surface area contributed by atoms with Gasteiger partial charge in [-0.25, -0.2) is 0 Å². The van der Waals surface area contributed by atoms with Crippen molar-refractivity contribution in [1.82, 2.24) is 0 Å². The highest BCUT2D eigenvalue weighted by Crippen LogP contribution is 2.10. The second kappa shape index (κ2) is 10.2. The Morgan fingerprint density at radius 2 is 1.68 bits per heavy atom. The van der Waals surface area contributed by atoms with Crippen LogP contribution in [0.25, 0.3) is 6.08 Å². The summed E-state index contributed by atoms with van der Waals surface area (Å²) in [6, 6.07) is 18.9. The maximum Gasteiger partial charge on any atom is 0.0658 e. The van der Waals surface area contributed by atoms with Gasteiger partial charge in [0.05, 0.1) is 6.04 Å². The minimum absolute atomic E-state index is 0.170. The van der Waals surface area contributed by atoms with Gasteiger partial charge in [0.15, 0.2) is 0 Å². The minimum atomic E-state index is 0.170. The molecular weight excluding hydrogens is 302 g/mol. The molecule has 25 heavy (non-hydrogen) atoms. The van der Waals surface area contributed by atoms with E-state index in [4.69, 9.17) is 4.99 Å². The summed E-state index contributed by atoms with van der Waals surface area (Å²) in [5.41, 5.74) is 4.82. The monoisotopic (exact) mass is 329 g/mol. The van der Waals surface area contributed by atoms with Crippen molar-refractivity contribution in [3.8, 4) is 0 Å². The van der Waals surface area contributed by atoms with E-state index in [-0.39, 0.29) is 6.04 Å². The summed E-state index contributed by atoms with van der Waals surface area (Å²) in [5.74, 6) is 0. The molecule has 128 valence electrons. The molecule has 1 unspecified atom stereocenters. The zero-order valence-corrected chi connectivity index (χ0v) is 15.4. The lowest BCUT2D eigenvalue weighted by atomic mass is 10.1. The minimum Gasteiger partial charge on any atom is -0.282 e. The Morgan fingerprint density at radius 3 is 2.44 bits per heavy atom. The molecular formula is C24H27N. The molecule has 0 amide bonds. The van der Waals surface area contributed by atoms with Gasteiger partial charge in [-0.1, -0.05) is 91.1 Å². The van der Waals surface area contributed by atoms with E-state index in [0.717, 1.165) is 12.1 Å². The Morgan fingerprint density at radius 1 is 0.960 bits per heavy atom. The van der Waals surface area contributed by atoms with Gasteiger partial charge in [0.25, 0.3) is 0 Å². The summed E-state index contributed by atoms with van der Waals surface area (Å²) in [5, 5.41) is 0. The van der Waals surface area contributed by atoms with E-state index in [9.17, 15) is 0 Å². The molecule has 0 aliphatic heterocycles. The Balaban J connectivity index is 1.82. The largest absolute Gasteiger partial charge is 0.282 e. The van der Waals surface area contributed by atoms with Crippen LogP contribution >= 0.6 is 0 Å². The van der Waals surface area contributed by atoms with Crippen LogP contribution in [0.2, 0.25) is 0 Å². The molecule has 0 saturated carbocycles. The summed E-state index contributed by atoms with van der Waals surface area (Å²) in [6.07, 6.45) is 13.7. The molecule has 0 heterocycles. The molecule has 0 aliphatic rings. The summed E-state index contributed by atoms with van der Waals surface area (Å²) in [7, 11) is 0. The molecule has 2 aromatic carbocycles. The Labute approximate surface area is 152 Å². The Bertz CT molecular complexity index is 764. The lowest BCUT2D eigenvalue weighted by Gasteiger charge is -2.07. The van der Waals surface area contributed by atoms with Crippen LogP contribution in [-0.2, 0) is 0 Å². The van der Waals surface area contributed by atoms with Crippen LogP contribution in [-0.4, -0.2) is 11.8 Å². The van der Waals surface area contributed by atoms with Crippen LogP contribution in [0.5, 0.6) is 0 Å². The van der Waals surface area contributed by atoms with Crippen molar-refractivity contribution in [2.24, 2.45) is 4.99 Å². The highest BCUT2D eigenvalue weighted by molar-refractivity contribution is 6.00. The van der Waals surface area contributed by atoms with Gasteiger partial charge in [-0.05, 0) is 43.9 Å². The quantitative estimate of drug-likeness (QED) is 0.411. The third-order valence-electron chi connectivity index (χ3n) is 3.95. The van der Waals surface area contributed by atoms with Crippen molar-refractivity contribution in [3.63, 3.8) is 0 Å². The fourth-order valence-electron chi connectivity index (χ4n) is 2.63. The van der Waals surface area contributed by atoms with E-state index in [1.807, 2.05) is 6.07 Å². The van der Waals surface area contributed by atoms with Gasteiger partial charge in [0.1, 0.15) is 0 Å². The number of allylic oxidation sites excluding steroid dienone is 4. The van der Waals surface area contributed by atoms with Gasteiger partial charge in [-0.15, -0.1) is 0 Å². The van der Waals surface area contributed by atoms with Crippen molar-refractivity contribution in [2.45, 2.75) is 33.2 Å². The zero-order valence-electron chi connectivity index (χ0n) is 15.4. The van der Waals surface area contributed by atoms with E-state index in [2.05, 4.69) is 106 Å². The molecule has 0 saturated heterocycles. The summed E-state index contributed by atoms with van der Waals surface area (Å²) in [4.78, 5) is 4.76. The second-order valence-corrected chi connectivity index (χ2v) is 6.13. The number of aryl methyl sites for hydroxylation is 1. The van der Waals surface area contributed by atoms with Crippen LogP contribution in [0.1, 0.15) is 37.0 Å². The van der Waals surface area contributed by atoms with Crippen molar-refractivity contribution in [2.75, 3.05) is 0 Å². The molecule has 1 heteroatoms. The second-order valence-electron chi connectivity index (χ2n) is 6.13. The SMILES string of the molecule is C/C(=N\C(C)/C=C\C=C/C/C=C/c1ccccc1)c1ccccc1C. The van der Waals surface area contributed by atoms with Crippen LogP contribution in [0.4, 0.5) is 0 Å². The van der Waals surface area contributed by atoms with Crippen molar-refractivity contribution >= 4 is 11.8 Å². The smallest absolute Gasteiger partial charge is 0.0658 e. The zero-order chi connectivity index (χ0) is 17.9. The summed E-state index contributed by atoms with van der Waals surface area (Å²) >= 11 is 0. The van der Waals surface area contributed by atoms with Crippen molar-refractivity contribution < 1.29 is 0 Å². The van der Waals surface area contributed by atoms with Crippen LogP contribution in [0.15, 0.2) is 90.0 Å². The fraction of sp³-hybridized carbons (Fsp3) is 0.208. The molecule has 0 aromatic heterocycles. The molecule has 0 N–H and O–H groups in total. The molecule has 0 aliphatic carbocycles. The third-order valence-corrected chi connectivity index (χ3v) is 3.95. The Hall–Kier alpha value is -2.67.